The first-order valence-electron chi connectivity index (χ1n) is 6.73. The third kappa shape index (κ3) is 2.36. The molecule has 3 unspecified atom stereocenters. The molecule has 1 N–H and O–H groups in total. The van der Waals surface area contributed by atoms with Gasteiger partial charge in [-0.3, -0.25) is 0 Å². The van der Waals surface area contributed by atoms with E-state index in [2.05, 4.69) is 15.9 Å². The molecule has 1 aromatic rings. The standard InChI is InChI=1S/C15H19BrO3/c1-18-13-6-11(12(16)7-14(13)19-2)15(17)10-4-8-3-9(8)5-10/h6-10,15,17H,3-5H2,1-2H3. The molecule has 1 aromatic carbocycles. The van der Waals surface area contributed by atoms with Gasteiger partial charge in [0, 0.05) is 4.47 Å². The molecule has 0 amide bonds. The molecule has 2 aliphatic rings. The second kappa shape index (κ2) is 4.98. The van der Waals surface area contributed by atoms with Crippen LogP contribution in [0.25, 0.3) is 0 Å². The molecule has 3 atom stereocenters. The minimum atomic E-state index is -0.415. The van der Waals surface area contributed by atoms with Gasteiger partial charge in [0.25, 0.3) is 0 Å². The van der Waals surface area contributed by atoms with Crippen molar-refractivity contribution < 1.29 is 14.6 Å². The number of rotatable bonds is 4. The van der Waals surface area contributed by atoms with Gasteiger partial charge in [0.1, 0.15) is 0 Å². The van der Waals surface area contributed by atoms with Crippen molar-refractivity contribution in [2.75, 3.05) is 14.2 Å². The maximum atomic E-state index is 10.6. The van der Waals surface area contributed by atoms with E-state index in [4.69, 9.17) is 9.47 Å². The van der Waals surface area contributed by atoms with Crippen LogP contribution in [0.5, 0.6) is 11.5 Å². The molecule has 0 aromatic heterocycles. The topological polar surface area (TPSA) is 38.7 Å². The van der Waals surface area contributed by atoms with E-state index in [1.165, 1.54) is 6.42 Å². The molecule has 19 heavy (non-hydrogen) atoms. The predicted molar refractivity (Wildman–Crippen MR) is 76.5 cm³/mol. The first-order valence-corrected chi connectivity index (χ1v) is 7.52. The zero-order valence-electron chi connectivity index (χ0n) is 11.2. The number of hydrogen-bond donors (Lipinski definition) is 1. The molecular weight excluding hydrogens is 308 g/mol. The SMILES string of the molecule is COc1cc(Br)c(C(O)C2CC3CC3C2)cc1OC. The zero-order chi connectivity index (χ0) is 13.6. The summed E-state index contributed by atoms with van der Waals surface area (Å²) in [4.78, 5) is 0. The van der Waals surface area contributed by atoms with Crippen molar-refractivity contribution in [2.24, 2.45) is 17.8 Å². The van der Waals surface area contributed by atoms with Crippen molar-refractivity contribution in [1.82, 2.24) is 0 Å². The number of aliphatic hydroxyl groups is 1. The molecule has 4 heteroatoms. The minimum absolute atomic E-state index is 0.387. The Kier molecular flexibility index (Phi) is 3.48. The number of hydrogen-bond acceptors (Lipinski definition) is 3. The van der Waals surface area contributed by atoms with Crippen LogP contribution in [0, 0.1) is 17.8 Å². The lowest BCUT2D eigenvalue weighted by Gasteiger charge is -2.22. The Morgan fingerprint density at radius 3 is 2.26 bits per heavy atom. The summed E-state index contributed by atoms with van der Waals surface area (Å²) in [6, 6.07) is 3.75. The van der Waals surface area contributed by atoms with E-state index in [0.717, 1.165) is 34.7 Å². The first kappa shape index (κ1) is 13.3. The number of benzene rings is 1. The third-order valence-electron chi connectivity index (χ3n) is 4.55. The van der Waals surface area contributed by atoms with Crippen LogP contribution in [-0.4, -0.2) is 19.3 Å². The van der Waals surface area contributed by atoms with Gasteiger partial charge in [0.2, 0.25) is 0 Å². The van der Waals surface area contributed by atoms with Gasteiger partial charge in [-0.2, -0.15) is 0 Å². The Hall–Kier alpha value is -0.740. The predicted octanol–water partition coefficient (Wildman–Crippen LogP) is 3.55. The third-order valence-corrected chi connectivity index (χ3v) is 5.23. The Balaban J connectivity index is 1.86. The average molecular weight is 327 g/mol. The average Bonchev–Trinajstić information content (AvgIpc) is 3.04. The van der Waals surface area contributed by atoms with Crippen molar-refractivity contribution in [3.8, 4) is 11.5 Å². The molecule has 0 spiro atoms. The second-order valence-corrected chi connectivity index (χ2v) is 6.52. The summed E-state index contributed by atoms with van der Waals surface area (Å²) in [6.07, 6.45) is 3.28. The van der Waals surface area contributed by atoms with E-state index < -0.39 is 6.10 Å². The van der Waals surface area contributed by atoms with Crippen LogP contribution in [0.15, 0.2) is 16.6 Å². The normalized spacial score (nSPS) is 29.8. The van der Waals surface area contributed by atoms with Gasteiger partial charge in [0.15, 0.2) is 11.5 Å². The van der Waals surface area contributed by atoms with Crippen LogP contribution in [-0.2, 0) is 0 Å². The van der Waals surface area contributed by atoms with Gasteiger partial charge in [-0.05, 0) is 54.7 Å². The lowest BCUT2D eigenvalue weighted by Crippen LogP contribution is -2.12. The molecule has 0 saturated heterocycles. The second-order valence-electron chi connectivity index (χ2n) is 5.66. The lowest BCUT2D eigenvalue weighted by molar-refractivity contribution is 0.103. The summed E-state index contributed by atoms with van der Waals surface area (Å²) in [5.41, 5.74) is 0.906. The molecule has 104 valence electrons. The van der Waals surface area contributed by atoms with E-state index >= 15 is 0 Å². The van der Waals surface area contributed by atoms with Crippen molar-refractivity contribution in [1.29, 1.82) is 0 Å². The fraction of sp³-hybridized carbons (Fsp3) is 0.600. The van der Waals surface area contributed by atoms with Crippen LogP contribution in [0.2, 0.25) is 0 Å². The van der Waals surface area contributed by atoms with Crippen LogP contribution in [0.4, 0.5) is 0 Å². The molecule has 0 heterocycles. The minimum Gasteiger partial charge on any atom is -0.493 e. The highest BCUT2D eigenvalue weighted by Gasteiger charge is 2.48. The summed E-state index contributed by atoms with van der Waals surface area (Å²) < 4.78 is 11.5. The molecule has 0 radical (unpaired) electrons. The van der Waals surface area contributed by atoms with Gasteiger partial charge >= 0.3 is 0 Å². The van der Waals surface area contributed by atoms with Gasteiger partial charge in [0.05, 0.1) is 20.3 Å². The molecule has 2 aliphatic carbocycles. The van der Waals surface area contributed by atoms with Gasteiger partial charge < -0.3 is 14.6 Å². The molecule has 0 aliphatic heterocycles. The Labute approximate surface area is 122 Å². The van der Waals surface area contributed by atoms with Crippen molar-refractivity contribution >= 4 is 15.9 Å². The number of methoxy groups -OCH3 is 2. The van der Waals surface area contributed by atoms with E-state index in [-0.39, 0.29) is 0 Å². The van der Waals surface area contributed by atoms with Crippen LogP contribution in [0.1, 0.15) is 30.9 Å². The van der Waals surface area contributed by atoms with Crippen molar-refractivity contribution in [3.63, 3.8) is 0 Å². The fourth-order valence-corrected chi connectivity index (χ4v) is 3.93. The van der Waals surface area contributed by atoms with E-state index in [9.17, 15) is 5.11 Å². The fourth-order valence-electron chi connectivity index (χ4n) is 3.37. The Morgan fingerprint density at radius 1 is 1.11 bits per heavy atom. The van der Waals surface area contributed by atoms with Crippen LogP contribution in [0.3, 0.4) is 0 Å². The number of fused-ring (bicyclic) bond motifs is 1. The summed E-state index contributed by atoms with van der Waals surface area (Å²) >= 11 is 3.53. The van der Waals surface area contributed by atoms with E-state index in [1.54, 1.807) is 14.2 Å². The number of aliphatic hydroxyl groups excluding tert-OH is 1. The quantitative estimate of drug-likeness (QED) is 0.919. The number of halogens is 1. The largest absolute Gasteiger partial charge is 0.493 e. The monoisotopic (exact) mass is 326 g/mol. The van der Waals surface area contributed by atoms with Gasteiger partial charge in [-0.15, -0.1) is 0 Å². The van der Waals surface area contributed by atoms with Crippen molar-refractivity contribution in [2.45, 2.75) is 25.4 Å². The smallest absolute Gasteiger partial charge is 0.161 e. The van der Waals surface area contributed by atoms with Crippen LogP contribution < -0.4 is 9.47 Å². The van der Waals surface area contributed by atoms with E-state index in [0.29, 0.717) is 17.4 Å². The molecule has 0 bridgehead atoms. The Bertz CT molecular complexity index is 479. The highest BCUT2D eigenvalue weighted by Crippen LogP contribution is 2.57. The maximum Gasteiger partial charge on any atom is 0.161 e. The lowest BCUT2D eigenvalue weighted by atomic mass is 9.91. The highest BCUT2D eigenvalue weighted by molar-refractivity contribution is 9.10. The van der Waals surface area contributed by atoms with Crippen molar-refractivity contribution in [3.05, 3.63) is 22.2 Å². The molecule has 2 saturated carbocycles. The first-order chi connectivity index (χ1) is 9.13. The van der Waals surface area contributed by atoms with E-state index in [1.807, 2.05) is 12.1 Å². The molecular formula is C15H19BrO3. The van der Waals surface area contributed by atoms with Gasteiger partial charge in [-0.1, -0.05) is 15.9 Å². The van der Waals surface area contributed by atoms with Crippen LogP contribution >= 0.6 is 15.9 Å². The Morgan fingerprint density at radius 2 is 1.68 bits per heavy atom. The summed E-state index contributed by atoms with van der Waals surface area (Å²) in [7, 11) is 3.23. The summed E-state index contributed by atoms with van der Waals surface area (Å²) in [5.74, 6) is 3.48. The molecule has 3 rings (SSSR count). The highest BCUT2D eigenvalue weighted by atomic mass is 79.9. The summed E-state index contributed by atoms with van der Waals surface area (Å²) in [5, 5.41) is 10.6. The van der Waals surface area contributed by atoms with Gasteiger partial charge in [-0.25, -0.2) is 0 Å². The number of ether oxygens (including phenoxy) is 2. The molecule has 3 nitrogen and oxygen atoms in total. The summed E-state index contributed by atoms with van der Waals surface area (Å²) in [6.45, 7) is 0. The maximum absolute atomic E-state index is 10.6. The molecule has 2 fully saturated rings. The zero-order valence-corrected chi connectivity index (χ0v) is 12.8.